The SMILES string of the molecule is CCOc1ccc(N=Cc2cc(Cl)c(Oc3ccc([N+](=O)[O-])cc3[N+](=O)[O-])c(OCC)c2)cc1. The van der Waals surface area contributed by atoms with Gasteiger partial charge in [0.15, 0.2) is 11.5 Å². The molecule has 0 heterocycles. The van der Waals surface area contributed by atoms with Gasteiger partial charge in [0.2, 0.25) is 5.75 Å². The molecule has 10 nitrogen and oxygen atoms in total. The fourth-order valence-electron chi connectivity index (χ4n) is 2.93. The number of ether oxygens (including phenoxy) is 3. The van der Waals surface area contributed by atoms with E-state index in [1.807, 2.05) is 19.1 Å². The zero-order valence-corrected chi connectivity index (χ0v) is 19.0. The van der Waals surface area contributed by atoms with Gasteiger partial charge < -0.3 is 14.2 Å². The van der Waals surface area contributed by atoms with Crippen molar-refractivity contribution >= 4 is 34.9 Å². The van der Waals surface area contributed by atoms with Crippen LogP contribution in [0.25, 0.3) is 0 Å². The minimum atomic E-state index is -0.769. The molecule has 0 spiro atoms. The van der Waals surface area contributed by atoms with Crippen LogP contribution in [-0.2, 0) is 0 Å². The van der Waals surface area contributed by atoms with Crippen LogP contribution in [0.2, 0.25) is 5.02 Å². The van der Waals surface area contributed by atoms with Crippen LogP contribution in [0.1, 0.15) is 19.4 Å². The zero-order chi connectivity index (χ0) is 24.7. The topological polar surface area (TPSA) is 126 Å². The van der Waals surface area contributed by atoms with Crippen molar-refractivity contribution in [2.75, 3.05) is 13.2 Å². The highest BCUT2D eigenvalue weighted by molar-refractivity contribution is 6.32. The molecule has 11 heteroatoms. The van der Waals surface area contributed by atoms with Crippen molar-refractivity contribution in [1.29, 1.82) is 0 Å². The van der Waals surface area contributed by atoms with Gasteiger partial charge in [-0.05, 0) is 61.9 Å². The van der Waals surface area contributed by atoms with E-state index in [-0.39, 0.29) is 28.9 Å². The Morgan fingerprint density at radius 3 is 2.24 bits per heavy atom. The Balaban J connectivity index is 1.92. The summed E-state index contributed by atoms with van der Waals surface area (Å²) < 4.78 is 16.7. The van der Waals surface area contributed by atoms with Crippen molar-refractivity contribution in [3.8, 4) is 23.0 Å². The first-order valence-corrected chi connectivity index (χ1v) is 10.5. The average Bonchev–Trinajstić information content (AvgIpc) is 2.81. The highest BCUT2D eigenvalue weighted by Gasteiger charge is 2.23. The molecular weight excluding hydrogens is 466 g/mol. The van der Waals surface area contributed by atoms with E-state index in [0.29, 0.717) is 17.9 Å². The van der Waals surface area contributed by atoms with Gasteiger partial charge in [-0.25, -0.2) is 0 Å². The first kappa shape index (κ1) is 24.5. The molecule has 3 rings (SSSR count). The standard InChI is InChI=1S/C23H20ClN3O7/c1-3-32-18-8-5-16(6-9-18)25-14-15-11-19(24)23(22(12-15)33-4-2)34-21-10-7-17(26(28)29)13-20(21)27(30)31/h5-14H,3-4H2,1-2H3. The molecule has 3 aromatic rings. The molecule has 3 aromatic carbocycles. The first-order chi connectivity index (χ1) is 16.3. The van der Waals surface area contributed by atoms with Gasteiger partial charge >= 0.3 is 5.69 Å². The van der Waals surface area contributed by atoms with Crippen molar-refractivity contribution in [3.05, 3.63) is 85.4 Å². The van der Waals surface area contributed by atoms with Crippen LogP contribution in [0.3, 0.4) is 0 Å². The van der Waals surface area contributed by atoms with Crippen LogP contribution in [0.4, 0.5) is 17.1 Å². The lowest BCUT2D eigenvalue weighted by molar-refractivity contribution is -0.394. The predicted molar refractivity (Wildman–Crippen MR) is 127 cm³/mol. The molecule has 0 aromatic heterocycles. The van der Waals surface area contributed by atoms with Gasteiger partial charge in [-0.1, -0.05) is 11.6 Å². The maximum atomic E-state index is 11.4. The third-order valence-corrected chi connectivity index (χ3v) is 4.68. The van der Waals surface area contributed by atoms with Crippen LogP contribution in [0.5, 0.6) is 23.0 Å². The number of nitro groups is 2. The summed E-state index contributed by atoms with van der Waals surface area (Å²) in [6, 6.07) is 13.5. The van der Waals surface area contributed by atoms with Gasteiger partial charge in [0.05, 0.1) is 39.8 Å². The Bertz CT molecular complexity index is 1230. The molecule has 0 amide bonds. The molecule has 0 fully saturated rings. The summed E-state index contributed by atoms with van der Waals surface area (Å²) in [6.07, 6.45) is 1.59. The molecular formula is C23H20ClN3O7. The van der Waals surface area contributed by atoms with E-state index in [1.54, 1.807) is 37.4 Å². The molecule has 0 radical (unpaired) electrons. The second-order valence-electron chi connectivity index (χ2n) is 6.72. The summed E-state index contributed by atoms with van der Waals surface area (Å²) >= 11 is 6.41. The third-order valence-electron chi connectivity index (χ3n) is 4.40. The molecule has 0 aliphatic carbocycles. The highest BCUT2D eigenvalue weighted by atomic mass is 35.5. The number of halogens is 1. The van der Waals surface area contributed by atoms with Crippen molar-refractivity contribution in [1.82, 2.24) is 0 Å². The molecule has 0 unspecified atom stereocenters. The lowest BCUT2D eigenvalue weighted by Crippen LogP contribution is -2.00. The van der Waals surface area contributed by atoms with Gasteiger partial charge in [0, 0.05) is 12.3 Å². The Morgan fingerprint density at radius 1 is 0.912 bits per heavy atom. The van der Waals surface area contributed by atoms with Crippen LogP contribution in [0.15, 0.2) is 59.6 Å². The van der Waals surface area contributed by atoms with Gasteiger partial charge in [0.1, 0.15) is 5.75 Å². The van der Waals surface area contributed by atoms with Crippen molar-refractivity contribution in [3.63, 3.8) is 0 Å². The van der Waals surface area contributed by atoms with E-state index < -0.39 is 21.2 Å². The van der Waals surface area contributed by atoms with Crippen molar-refractivity contribution in [2.45, 2.75) is 13.8 Å². The maximum absolute atomic E-state index is 11.4. The summed E-state index contributed by atoms with van der Waals surface area (Å²) in [5, 5.41) is 22.5. The zero-order valence-electron chi connectivity index (χ0n) is 18.3. The van der Waals surface area contributed by atoms with Crippen LogP contribution < -0.4 is 14.2 Å². The van der Waals surface area contributed by atoms with E-state index in [1.165, 1.54) is 0 Å². The Kier molecular flexibility index (Phi) is 7.99. The fourth-order valence-corrected chi connectivity index (χ4v) is 3.18. The molecule has 0 saturated carbocycles. The molecule has 0 aliphatic rings. The molecule has 176 valence electrons. The monoisotopic (exact) mass is 485 g/mol. The number of benzene rings is 3. The van der Waals surface area contributed by atoms with E-state index in [2.05, 4.69) is 4.99 Å². The van der Waals surface area contributed by atoms with E-state index in [9.17, 15) is 20.2 Å². The lowest BCUT2D eigenvalue weighted by atomic mass is 10.2. The number of nitro benzene ring substituents is 2. The van der Waals surface area contributed by atoms with Crippen molar-refractivity contribution < 1.29 is 24.1 Å². The fraction of sp³-hybridized carbons (Fsp3) is 0.174. The molecule has 0 aliphatic heterocycles. The van der Waals surface area contributed by atoms with E-state index in [4.69, 9.17) is 25.8 Å². The maximum Gasteiger partial charge on any atom is 0.318 e. The largest absolute Gasteiger partial charge is 0.494 e. The third kappa shape index (κ3) is 5.99. The molecule has 0 saturated heterocycles. The van der Waals surface area contributed by atoms with E-state index in [0.717, 1.165) is 23.9 Å². The van der Waals surface area contributed by atoms with Crippen LogP contribution >= 0.6 is 11.6 Å². The Morgan fingerprint density at radius 2 is 1.62 bits per heavy atom. The van der Waals surface area contributed by atoms with Crippen LogP contribution in [-0.4, -0.2) is 29.3 Å². The molecule has 0 N–H and O–H groups in total. The van der Waals surface area contributed by atoms with Gasteiger partial charge in [0.25, 0.3) is 5.69 Å². The number of non-ortho nitro benzene ring substituents is 1. The highest BCUT2D eigenvalue weighted by Crippen LogP contribution is 2.42. The predicted octanol–water partition coefficient (Wildman–Crippen LogP) is 6.50. The number of aliphatic imine (C=N–C) groups is 1. The number of rotatable bonds is 10. The second-order valence-corrected chi connectivity index (χ2v) is 7.12. The first-order valence-electron chi connectivity index (χ1n) is 10.2. The molecule has 34 heavy (non-hydrogen) atoms. The number of hydrogen-bond acceptors (Lipinski definition) is 8. The summed E-state index contributed by atoms with van der Waals surface area (Å²) in [5.41, 5.74) is 0.289. The van der Waals surface area contributed by atoms with Gasteiger partial charge in [-0.3, -0.25) is 25.2 Å². The summed E-state index contributed by atoms with van der Waals surface area (Å²) in [5.74, 6) is 0.800. The summed E-state index contributed by atoms with van der Waals surface area (Å²) in [6.45, 7) is 4.50. The number of hydrogen-bond donors (Lipinski definition) is 0. The lowest BCUT2D eigenvalue weighted by Gasteiger charge is -2.14. The molecule has 0 bridgehead atoms. The van der Waals surface area contributed by atoms with Gasteiger partial charge in [-0.15, -0.1) is 0 Å². The normalized spacial score (nSPS) is 10.8. The average molecular weight is 486 g/mol. The minimum Gasteiger partial charge on any atom is -0.494 e. The summed E-state index contributed by atoms with van der Waals surface area (Å²) in [4.78, 5) is 25.3. The Labute approximate surface area is 199 Å². The van der Waals surface area contributed by atoms with Gasteiger partial charge in [-0.2, -0.15) is 0 Å². The quantitative estimate of drug-likeness (QED) is 0.182. The summed E-state index contributed by atoms with van der Waals surface area (Å²) in [7, 11) is 0. The molecule has 0 atom stereocenters. The number of nitrogens with zero attached hydrogens (tertiary/aromatic N) is 3. The smallest absolute Gasteiger partial charge is 0.318 e. The van der Waals surface area contributed by atoms with Crippen molar-refractivity contribution in [2.24, 2.45) is 4.99 Å². The Hall–Kier alpha value is -4.18. The minimum absolute atomic E-state index is 0.0405. The van der Waals surface area contributed by atoms with Crippen LogP contribution in [0, 0.1) is 20.2 Å². The van der Waals surface area contributed by atoms with E-state index >= 15 is 0 Å². The second kappa shape index (κ2) is 11.1.